The maximum atomic E-state index is 5.96. The van der Waals surface area contributed by atoms with E-state index in [2.05, 4.69) is 15.9 Å². The molecule has 1 aliphatic heterocycles. The molecule has 1 aliphatic rings. The standard InChI is InChI=1S/C12H17N3S/c1-10(16)14-6-8-15(9-7-14)12-5-3-2-4-11(12)13/h2-5H,6-9,13H2,1H3. The van der Waals surface area contributed by atoms with Crippen LogP contribution in [-0.4, -0.2) is 36.1 Å². The molecule has 86 valence electrons. The fourth-order valence-corrected chi connectivity index (χ4v) is 2.22. The molecule has 0 aromatic heterocycles. The Hall–Kier alpha value is -1.29. The minimum atomic E-state index is 0.857. The van der Waals surface area contributed by atoms with Crippen molar-refractivity contribution in [2.24, 2.45) is 0 Å². The number of nitrogen functional groups attached to an aromatic ring is 1. The van der Waals surface area contributed by atoms with Crippen molar-refractivity contribution in [1.82, 2.24) is 4.90 Å². The summed E-state index contributed by atoms with van der Waals surface area (Å²) < 4.78 is 0. The topological polar surface area (TPSA) is 32.5 Å². The summed E-state index contributed by atoms with van der Waals surface area (Å²) in [6.45, 7) is 5.94. The number of nitrogens with two attached hydrogens (primary N) is 1. The van der Waals surface area contributed by atoms with E-state index in [4.69, 9.17) is 18.0 Å². The van der Waals surface area contributed by atoms with Gasteiger partial charge in [0.1, 0.15) is 0 Å². The third kappa shape index (κ3) is 2.27. The highest BCUT2D eigenvalue weighted by Gasteiger charge is 2.18. The first-order chi connectivity index (χ1) is 7.68. The largest absolute Gasteiger partial charge is 0.397 e. The zero-order valence-electron chi connectivity index (χ0n) is 9.52. The van der Waals surface area contributed by atoms with Gasteiger partial charge in [0, 0.05) is 26.2 Å². The number of rotatable bonds is 1. The molecule has 0 unspecified atom stereocenters. The molecule has 1 aromatic carbocycles. The van der Waals surface area contributed by atoms with Crippen LogP contribution in [0.2, 0.25) is 0 Å². The molecule has 0 radical (unpaired) electrons. The fourth-order valence-electron chi connectivity index (χ4n) is 2.04. The predicted molar refractivity (Wildman–Crippen MR) is 72.9 cm³/mol. The van der Waals surface area contributed by atoms with Gasteiger partial charge < -0.3 is 15.5 Å². The molecule has 0 bridgehead atoms. The van der Waals surface area contributed by atoms with Crippen molar-refractivity contribution in [3.63, 3.8) is 0 Å². The van der Waals surface area contributed by atoms with Gasteiger partial charge in [0.05, 0.1) is 16.4 Å². The van der Waals surface area contributed by atoms with Crippen LogP contribution in [0.1, 0.15) is 6.92 Å². The lowest BCUT2D eigenvalue weighted by molar-refractivity contribution is 0.390. The van der Waals surface area contributed by atoms with Gasteiger partial charge in [-0.2, -0.15) is 0 Å². The van der Waals surface area contributed by atoms with Crippen molar-refractivity contribution < 1.29 is 0 Å². The summed E-state index contributed by atoms with van der Waals surface area (Å²) in [5.41, 5.74) is 7.96. The molecule has 2 N–H and O–H groups in total. The van der Waals surface area contributed by atoms with E-state index in [0.29, 0.717) is 0 Å². The molecule has 1 aromatic rings. The molecule has 0 aliphatic carbocycles. The van der Waals surface area contributed by atoms with Crippen LogP contribution < -0.4 is 10.6 Å². The molecule has 0 spiro atoms. The van der Waals surface area contributed by atoms with Crippen LogP contribution >= 0.6 is 12.2 Å². The highest BCUT2D eigenvalue weighted by molar-refractivity contribution is 7.80. The van der Waals surface area contributed by atoms with Crippen molar-refractivity contribution in [3.05, 3.63) is 24.3 Å². The van der Waals surface area contributed by atoms with Gasteiger partial charge in [0.2, 0.25) is 0 Å². The quantitative estimate of drug-likeness (QED) is 0.593. The second-order valence-corrected chi connectivity index (χ2v) is 4.64. The molecule has 1 fully saturated rings. The summed E-state index contributed by atoms with van der Waals surface area (Å²) in [5.74, 6) is 0. The van der Waals surface area contributed by atoms with Crippen LogP contribution in [0.3, 0.4) is 0 Å². The number of nitrogens with zero attached hydrogens (tertiary/aromatic N) is 2. The summed E-state index contributed by atoms with van der Waals surface area (Å²) in [5, 5.41) is 0. The Morgan fingerprint density at radius 2 is 1.81 bits per heavy atom. The van der Waals surface area contributed by atoms with Crippen molar-refractivity contribution in [3.8, 4) is 0 Å². The maximum Gasteiger partial charge on any atom is 0.0749 e. The molecule has 0 saturated carbocycles. The zero-order chi connectivity index (χ0) is 11.5. The monoisotopic (exact) mass is 235 g/mol. The van der Waals surface area contributed by atoms with E-state index in [1.807, 2.05) is 25.1 Å². The first-order valence-corrected chi connectivity index (χ1v) is 5.94. The first kappa shape index (κ1) is 11.2. The van der Waals surface area contributed by atoms with Gasteiger partial charge in [-0.3, -0.25) is 0 Å². The summed E-state index contributed by atoms with van der Waals surface area (Å²) in [4.78, 5) is 5.55. The smallest absolute Gasteiger partial charge is 0.0749 e. The Morgan fingerprint density at radius 1 is 1.19 bits per heavy atom. The van der Waals surface area contributed by atoms with Crippen LogP contribution in [0.25, 0.3) is 0 Å². The van der Waals surface area contributed by atoms with Gasteiger partial charge in [0.25, 0.3) is 0 Å². The third-order valence-corrected chi connectivity index (χ3v) is 3.26. The summed E-state index contributed by atoms with van der Waals surface area (Å²) in [6, 6.07) is 8.03. The average molecular weight is 235 g/mol. The number of hydrogen-bond donors (Lipinski definition) is 1. The molecule has 16 heavy (non-hydrogen) atoms. The van der Waals surface area contributed by atoms with Gasteiger partial charge in [-0.05, 0) is 19.1 Å². The number of hydrogen-bond acceptors (Lipinski definition) is 3. The number of thiocarbonyl (C=S) groups is 1. The molecule has 4 heteroatoms. The lowest BCUT2D eigenvalue weighted by Gasteiger charge is -2.37. The van der Waals surface area contributed by atoms with Crippen LogP contribution in [0.5, 0.6) is 0 Å². The number of para-hydroxylation sites is 2. The summed E-state index contributed by atoms with van der Waals surface area (Å²) in [6.07, 6.45) is 0. The Labute approximate surface area is 102 Å². The SMILES string of the molecule is CC(=S)N1CCN(c2ccccc2N)CC1. The van der Waals surface area contributed by atoms with Crippen molar-refractivity contribution >= 4 is 28.6 Å². The zero-order valence-corrected chi connectivity index (χ0v) is 10.3. The molecule has 1 heterocycles. The van der Waals surface area contributed by atoms with Crippen LogP contribution in [-0.2, 0) is 0 Å². The molecular weight excluding hydrogens is 218 g/mol. The molecule has 0 atom stereocenters. The van der Waals surface area contributed by atoms with Gasteiger partial charge in [-0.25, -0.2) is 0 Å². The van der Waals surface area contributed by atoms with E-state index in [-0.39, 0.29) is 0 Å². The maximum absolute atomic E-state index is 5.96. The van der Waals surface area contributed by atoms with Crippen molar-refractivity contribution in [2.45, 2.75) is 6.92 Å². The Kier molecular flexibility index (Phi) is 3.29. The lowest BCUT2D eigenvalue weighted by Crippen LogP contribution is -2.47. The third-order valence-electron chi connectivity index (χ3n) is 3.00. The Bertz CT molecular complexity index is 384. The highest BCUT2D eigenvalue weighted by atomic mass is 32.1. The van der Waals surface area contributed by atoms with E-state index in [0.717, 1.165) is 42.5 Å². The molecule has 3 nitrogen and oxygen atoms in total. The number of piperazine rings is 1. The first-order valence-electron chi connectivity index (χ1n) is 5.53. The minimum absolute atomic E-state index is 0.857. The van der Waals surface area contributed by atoms with Gasteiger partial charge in [-0.15, -0.1) is 0 Å². The van der Waals surface area contributed by atoms with E-state index in [1.165, 1.54) is 0 Å². The molecule has 2 rings (SSSR count). The van der Waals surface area contributed by atoms with Crippen molar-refractivity contribution in [1.29, 1.82) is 0 Å². The highest BCUT2D eigenvalue weighted by Crippen LogP contribution is 2.23. The van der Waals surface area contributed by atoms with Gasteiger partial charge in [-0.1, -0.05) is 24.4 Å². The second kappa shape index (κ2) is 4.70. The summed E-state index contributed by atoms with van der Waals surface area (Å²) >= 11 is 5.18. The van der Waals surface area contributed by atoms with Gasteiger partial charge in [0.15, 0.2) is 0 Å². The fraction of sp³-hybridized carbons (Fsp3) is 0.417. The molecular formula is C12H17N3S. The van der Waals surface area contributed by atoms with Crippen LogP contribution in [0.4, 0.5) is 11.4 Å². The van der Waals surface area contributed by atoms with E-state index in [9.17, 15) is 0 Å². The molecule has 0 amide bonds. The van der Waals surface area contributed by atoms with Crippen molar-refractivity contribution in [2.75, 3.05) is 36.8 Å². The normalized spacial score (nSPS) is 16.3. The van der Waals surface area contributed by atoms with Crippen LogP contribution in [0.15, 0.2) is 24.3 Å². The van der Waals surface area contributed by atoms with Crippen LogP contribution in [0, 0.1) is 0 Å². The summed E-state index contributed by atoms with van der Waals surface area (Å²) in [7, 11) is 0. The number of anilines is 2. The lowest BCUT2D eigenvalue weighted by atomic mass is 10.2. The predicted octanol–water partition coefficient (Wildman–Crippen LogP) is 1.74. The second-order valence-electron chi connectivity index (χ2n) is 4.05. The number of benzene rings is 1. The average Bonchev–Trinajstić information content (AvgIpc) is 2.30. The Morgan fingerprint density at radius 3 is 2.38 bits per heavy atom. The van der Waals surface area contributed by atoms with Gasteiger partial charge >= 0.3 is 0 Å². The van der Waals surface area contributed by atoms with E-state index >= 15 is 0 Å². The minimum Gasteiger partial charge on any atom is -0.397 e. The van der Waals surface area contributed by atoms with E-state index < -0.39 is 0 Å². The Balaban J connectivity index is 2.05. The van der Waals surface area contributed by atoms with E-state index in [1.54, 1.807) is 0 Å². The molecule has 1 saturated heterocycles.